The van der Waals surface area contributed by atoms with E-state index in [-0.39, 0.29) is 5.95 Å². The lowest BCUT2D eigenvalue weighted by atomic mass is 10.2. The molecule has 0 aliphatic carbocycles. The van der Waals surface area contributed by atoms with Gasteiger partial charge >= 0.3 is 0 Å². The van der Waals surface area contributed by atoms with Gasteiger partial charge in [0.2, 0.25) is 11.9 Å². The van der Waals surface area contributed by atoms with E-state index in [9.17, 15) is 0 Å². The van der Waals surface area contributed by atoms with Crippen molar-refractivity contribution in [3.63, 3.8) is 0 Å². The lowest BCUT2D eigenvalue weighted by Gasteiger charge is -2.10. The van der Waals surface area contributed by atoms with Crippen molar-refractivity contribution in [2.24, 2.45) is 0 Å². The van der Waals surface area contributed by atoms with Crippen molar-refractivity contribution in [3.05, 3.63) is 48.0 Å². The van der Waals surface area contributed by atoms with E-state index in [2.05, 4.69) is 20.3 Å². The molecule has 0 amide bonds. The van der Waals surface area contributed by atoms with Crippen molar-refractivity contribution in [2.45, 2.75) is 6.92 Å². The van der Waals surface area contributed by atoms with E-state index in [4.69, 9.17) is 15.2 Å². The average Bonchev–Trinajstić information content (AvgIpc) is 2.62. The van der Waals surface area contributed by atoms with Crippen LogP contribution in [0, 0.1) is 6.92 Å². The SMILES string of the molecule is COc1ccc(-c2nc(N)nc(Nc3ccc(C)cc3)n2)cc1OC. The van der Waals surface area contributed by atoms with Gasteiger partial charge < -0.3 is 20.5 Å². The number of nitrogen functional groups attached to an aromatic ring is 1. The maximum atomic E-state index is 5.84. The lowest BCUT2D eigenvalue weighted by Crippen LogP contribution is -2.05. The Morgan fingerprint density at radius 3 is 2.28 bits per heavy atom. The van der Waals surface area contributed by atoms with Gasteiger partial charge in [0, 0.05) is 11.3 Å². The molecule has 7 nitrogen and oxygen atoms in total. The normalized spacial score (nSPS) is 10.4. The molecule has 3 N–H and O–H groups in total. The van der Waals surface area contributed by atoms with E-state index >= 15 is 0 Å². The predicted molar refractivity (Wildman–Crippen MR) is 97.2 cm³/mol. The van der Waals surface area contributed by atoms with Crippen LogP contribution < -0.4 is 20.5 Å². The summed E-state index contributed by atoms with van der Waals surface area (Å²) in [7, 11) is 3.16. The lowest BCUT2D eigenvalue weighted by molar-refractivity contribution is 0.355. The van der Waals surface area contributed by atoms with Crippen LogP contribution in [0.1, 0.15) is 5.56 Å². The zero-order valence-corrected chi connectivity index (χ0v) is 14.3. The van der Waals surface area contributed by atoms with Gasteiger partial charge in [-0.1, -0.05) is 17.7 Å². The molecule has 3 aromatic rings. The highest BCUT2D eigenvalue weighted by Gasteiger charge is 2.11. The summed E-state index contributed by atoms with van der Waals surface area (Å²) in [6, 6.07) is 13.3. The summed E-state index contributed by atoms with van der Waals surface area (Å²) in [5.74, 6) is 2.18. The molecular formula is C18H19N5O2. The number of rotatable bonds is 5. The number of ether oxygens (including phenoxy) is 2. The molecule has 128 valence electrons. The zero-order valence-electron chi connectivity index (χ0n) is 14.3. The minimum absolute atomic E-state index is 0.134. The summed E-state index contributed by atoms with van der Waals surface area (Å²) in [4.78, 5) is 12.8. The van der Waals surface area contributed by atoms with E-state index in [1.54, 1.807) is 26.4 Å². The third-order valence-corrected chi connectivity index (χ3v) is 3.60. The number of aryl methyl sites for hydroxylation is 1. The quantitative estimate of drug-likeness (QED) is 0.738. The smallest absolute Gasteiger partial charge is 0.232 e. The van der Waals surface area contributed by atoms with Crippen LogP contribution in [0.4, 0.5) is 17.6 Å². The van der Waals surface area contributed by atoms with E-state index in [1.807, 2.05) is 37.3 Å². The van der Waals surface area contributed by atoms with Crippen LogP contribution in [0.3, 0.4) is 0 Å². The molecule has 0 spiro atoms. The van der Waals surface area contributed by atoms with Gasteiger partial charge in [0.25, 0.3) is 0 Å². The topological polar surface area (TPSA) is 95.2 Å². The van der Waals surface area contributed by atoms with Gasteiger partial charge in [-0.15, -0.1) is 0 Å². The summed E-state index contributed by atoms with van der Waals surface area (Å²) < 4.78 is 10.6. The van der Waals surface area contributed by atoms with Crippen LogP contribution in [0.25, 0.3) is 11.4 Å². The maximum Gasteiger partial charge on any atom is 0.232 e. The largest absolute Gasteiger partial charge is 0.493 e. The fourth-order valence-corrected chi connectivity index (χ4v) is 2.32. The first-order valence-corrected chi connectivity index (χ1v) is 7.66. The zero-order chi connectivity index (χ0) is 17.8. The van der Waals surface area contributed by atoms with Crippen molar-refractivity contribution in [1.29, 1.82) is 0 Å². The Labute approximate surface area is 145 Å². The number of aromatic nitrogens is 3. The summed E-state index contributed by atoms with van der Waals surface area (Å²) in [6.07, 6.45) is 0. The van der Waals surface area contributed by atoms with Crippen molar-refractivity contribution >= 4 is 17.6 Å². The van der Waals surface area contributed by atoms with Gasteiger partial charge in [-0.25, -0.2) is 0 Å². The second-order valence-corrected chi connectivity index (χ2v) is 5.40. The standard InChI is InChI=1S/C18H19N5O2/c1-11-4-7-13(8-5-11)20-18-22-16(21-17(19)23-18)12-6-9-14(24-2)15(10-12)25-3/h4-10H,1-3H3,(H3,19,20,21,22,23). The number of nitrogens with one attached hydrogen (secondary N) is 1. The number of anilines is 3. The second-order valence-electron chi connectivity index (χ2n) is 5.40. The molecule has 0 bridgehead atoms. The summed E-state index contributed by atoms with van der Waals surface area (Å²) in [5.41, 5.74) is 8.63. The molecule has 0 fully saturated rings. The molecule has 0 saturated heterocycles. The van der Waals surface area contributed by atoms with Crippen LogP contribution in [-0.2, 0) is 0 Å². The molecule has 0 unspecified atom stereocenters. The highest BCUT2D eigenvalue weighted by atomic mass is 16.5. The van der Waals surface area contributed by atoms with Crippen molar-refractivity contribution in [2.75, 3.05) is 25.3 Å². The highest BCUT2D eigenvalue weighted by Crippen LogP contribution is 2.31. The van der Waals surface area contributed by atoms with Crippen molar-refractivity contribution in [3.8, 4) is 22.9 Å². The van der Waals surface area contributed by atoms with Crippen molar-refractivity contribution < 1.29 is 9.47 Å². The van der Waals surface area contributed by atoms with Crippen LogP contribution >= 0.6 is 0 Å². The molecule has 1 aromatic heterocycles. The van der Waals surface area contributed by atoms with Crippen LogP contribution in [0.5, 0.6) is 11.5 Å². The molecule has 0 aliphatic rings. The molecule has 0 aliphatic heterocycles. The van der Waals surface area contributed by atoms with Crippen LogP contribution in [0.15, 0.2) is 42.5 Å². The van der Waals surface area contributed by atoms with Crippen molar-refractivity contribution in [1.82, 2.24) is 15.0 Å². The molecular weight excluding hydrogens is 318 g/mol. The Bertz CT molecular complexity index is 881. The third-order valence-electron chi connectivity index (χ3n) is 3.60. The molecule has 0 atom stereocenters. The van der Waals surface area contributed by atoms with Crippen LogP contribution in [-0.4, -0.2) is 29.2 Å². The van der Waals surface area contributed by atoms with Gasteiger partial charge in [-0.2, -0.15) is 15.0 Å². The van der Waals surface area contributed by atoms with Crippen LogP contribution in [0.2, 0.25) is 0 Å². The van der Waals surface area contributed by atoms with E-state index in [1.165, 1.54) is 5.56 Å². The number of hydrogen-bond acceptors (Lipinski definition) is 7. The molecule has 0 radical (unpaired) electrons. The molecule has 2 aromatic carbocycles. The summed E-state index contributed by atoms with van der Waals surface area (Å²) in [5, 5.41) is 3.14. The Morgan fingerprint density at radius 1 is 0.880 bits per heavy atom. The van der Waals surface area contributed by atoms with Gasteiger partial charge in [-0.3, -0.25) is 0 Å². The Hall–Kier alpha value is -3.35. The third kappa shape index (κ3) is 3.77. The molecule has 0 saturated carbocycles. The first-order valence-electron chi connectivity index (χ1n) is 7.66. The number of nitrogens with two attached hydrogens (primary N) is 1. The second kappa shape index (κ2) is 7.04. The number of nitrogens with zero attached hydrogens (tertiary/aromatic N) is 3. The van der Waals surface area contributed by atoms with Gasteiger partial charge in [0.15, 0.2) is 17.3 Å². The fourth-order valence-electron chi connectivity index (χ4n) is 2.32. The average molecular weight is 337 g/mol. The number of benzene rings is 2. The molecule has 7 heteroatoms. The fraction of sp³-hybridized carbons (Fsp3) is 0.167. The Kier molecular flexibility index (Phi) is 4.65. The minimum Gasteiger partial charge on any atom is -0.493 e. The Balaban J connectivity index is 1.95. The minimum atomic E-state index is 0.134. The van der Waals surface area contributed by atoms with E-state index in [0.717, 1.165) is 11.3 Å². The molecule has 1 heterocycles. The van der Waals surface area contributed by atoms with Gasteiger partial charge in [0.1, 0.15) is 0 Å². The maximum absolute atomic E-state index is 5.84. The number of methoxy groups -OCH3 is 2. The monoisotopic (exact) mass is 337 g/mol. The molecule has 3 rings (SSSR count). The Morgan fingerprint density at radius 2 is 1.60 bits per heavy atom. The predicted octanol–water partition coefficient (Wildman–Crippen LogP) is 3.19. The highest BCUT2D eigenvalue weighted by molar-refractivity contribution is 5.64. The number of hydrogen-bond donors (Lipinski definition) is 2. The van der Waals surface area contributed by atoms with Gasteiger partial charge in [0.05, 0.1) is 14.2 Å². The first kappa shape index (κ1) is 16.5. The summed E-state index contributed by atoms with van der Waals surface area (Å²) >= 11 is 0. The van der Waals surface area contributed by atoms with E-state index < -0.39 is 0 Å². The van der Waals surface area contributed by atoms with E-state index in [0.29, 0.717) is 23.3 Å². The molecule has 25 heavy (non-hydrogen) atoms. The van der Waals surface area contributed by atoms with Gasteiger partial charge in [-0.05, 0) is 37.3 Å². The first-order chi connectivity index (χ1) is 12.1. The summed E-state index contributed by atoms with van der Waals surface area (Å²) in [6.45, 7) is 2.03.